The molecule has 1 aromatic rings. The number of carbonyl (C=O) groups is 1. The van der Waals surface area contributed by atoms with Crippen LogP contribution in [0.1, 0.15) is 16.9 Å². The Morgan fingerprint density at radius 1 is 1.30 bits per heavy atom. The van der Waals surface area contributed by atoms with Gasteiger partial charge in [0, 0.05) is 33.9 Å². The minimum Gasteiger partial charge on any atom is -0.477 e. The van der Waals surface area contributed by atoms with Crippen LogP contribution >= 0.6 is 0 Å². The van der Waals surface area contributed by atoms with E-state index in [2.05, 4.69) is 4.98 Å². The Morgan fingerprint density at radius 3 is 2.60 bits per heavy atom. The summed E-state index contributed by atoms with van der Waals surface area (Å²) in [6, 6.07) is 2.95. The van der Waals surface area contributed by atoms with E-state index in [1.165, 1.54) is 6.07 Å². The number of aromatic carboxylic acids is 1. The lowest BCUT2D eigenvalue weighted by atomic mass is 10.3. The van der Waals surface area contributed by atoms with E-state index in [1.807, 2.05) is 4.90 Å². The van der Waals surface area contributed by atoms with Crippen molar-refractivity contribution >= 4 is 17.5 Å². The first-order chi connectivity index (χ1) is 9.60. The molecule has 0 radical (unpaired) electrons. The average Bonchev–Trinajstić information content (AvgIpc) is 2.43. The van der Waals surface area contributed by atoms with E-state index >= 15 is 0 Å². The number of carboxylic acid groups (broad SMARTS) is 1. The summed E-state index contributed by atoms with van der Waals surface area (Å²) in [7, 11) is 3.24. The molecule has 0 atom stereocenters. The fraction of sp³-hybridized carbons (Fsp3) is 0.538. The first kappa shape index (κ1) is 16.2. The van der Waals surface area contributed by atoms with Crippen LogP contribution in [0.2, 0.25) is 0 Å². The van der Waals surface area contributed by atoms with Crippen molar-refractivity contribution < 1.29 is 19.4 Å². The van der Waals surface area contributed by atoms with Gasteiger partial charge in [0.25, 0.3) is 0 Å². The summed E-state index contributed by atoms with van der Waals surface area (Å²) in [6.45, 7) is 2.37. The summed E-state index contributed by atoms with van der Waals surface area (Å²) in [5.74, 6) is -0.604. The van der Waals surface area contributed by atoms with Crippen molar-refractivity contribution in [1.82, 2.24) is 4.98 Å². The molecule has 20 heavy (non-hydrogen) atoms. The van der Waals surface area contributed by atoms with Gasteiger partial charge in [-0.3, -0.25) is 0 Å². The number of hydrogen-bond donors (Lipinski definition) is 2. The molecule has 0 bridgehead atoms. The lowest BCUT2D eigenvalue weighted by Crippen LogP contribution is -2.31. The lowest BCUT2D eigenvalue weighted by Gasteiger charge is -2.24. The Hall–Kier alpha value is -1.86. The van der Waals surface area contributed by atoms with Gasteiger partial charge in [0.05, 0.1) is 12.3 Å². The Balaban J connectivity index is 2.92. The normalized spacial score (nSPS) is 10.5. The van der Waals surface area contributed by atoms with Gasteiger partial charge in [-0.25, -0.2) is 9.78 Å². The van der Waals surface area contributed by atoms with Gasteiger partial charge in [0.1, 0.15) is 0 Å². The Morgan fingerprint density at radius 2 is 2.00 bits per heavy atom. The van der Waals surface area contributed by atoms with Crippen molar-refractivity contribution in [3.8, 4) is 0 Å². The van der Waals surface area contributed by atoms with Gasteiger partial charge in [0.2, 0.25) is 0 Å². The number of ether oxygens (including phenoxy) is 2. The maximum atomic E-state index is 11.0. The second-order valence-electron chi connectivity index (χ2n) is 4.24. The molecule has 0 amide bonds. The van der Waals surface area contributed by atoms with Crippen molar-refractivity contribution in [1.29, 1.82) is 0 Å². The third kappa shape index (κ3) is 4.67. The molecule has 0 aliphatic rings. The van der Waals surface area contributed by atoms with Crippen LogP contribution in [0.4, 0.5) is 11.5 Å². The van der Waals surface area contributed by atoms with Gasteiger partial charge in [-0.1, -0.05) is 0 Å². The SMILES string of the molecule is COCCCN(CCOC)c1nc(C(=O)O)ccc1N. The first-order valence-corrected chi connectivity index (χ1v) is 6.32. The standard InChI is InChI=1S/C13H21N3O4/c1-19-8-3-6-16(7-9-20-2)12-10(14)4-5-11(15-12)13(17)18/h4-5H,3,6-9,14H2,1-2H3,(H,17,18). The maximum absolute atomic E-state index is 11.0. The molecule has 3 N–H and O–H groups in total. The van der Waals surface area contributed by atoms with Gasteiger partial charge in [0.15, 0.2) is 11.5 Å². The molecule has 112 valence electrons. The molecule has 0 unspecified atom stereocenters. The fourth-order valence-corrected chi connectivity index (χ4v) is 1.76. The van der Waals surface area contributed by atoms with Crippen LogP contribution in [0.5, 0.6) is 0 Å². The third-order valence-electron chi connectivity index (χ3n) is 2.77. The number of aromatic nitrogens is 1. The summed E-state index contributed by atoms with van der Waals surface area (Å²) in [5.41, 5.74) is 6.32. The molecular weight excluding hydrogens is 262 g/mol. The largest absolute Gasteiger partial charge is 0.477 e. The number of methoxy groups -OCH3 is 2. The van der Waals surface area contributed by atoms with Crippen molar-refractivity contribution in [2.24, 2.45) is 0 Å². The minimum atomic E-state index is -1.07. The van der Waals surface area contributed by atoms with Gasteiger partial charge >= 0.3 is 5.97 Å². The van der Waals surface area contributed by atoms with Crippen LogP contribution in [0.25, 0.3) is 0 Å². The van der Waals surface area contributed by atoms with Gasteiger partial charge in [-0.2, -0.15) is 0 Å². The number of nitrogens with two attached hydrogens (primary N) is 1. The number of carboxylic acids is 1. The second kappa shape index (κ2) is 8.34. The van der Waals surface area contributed by atoms with Crippen LogP contribution in [0.3, 0.4) is 0 Å². The quantitative estimate of drug-likeness (QED) is 0.648. The molecule has 0 saturated heterocycles. The van der Waals surface area contributed by atoms with Crippen LogP contribution in [0, 0.1) is 0 Å². The topological polar surface area (TPSA) is 97.9 Å². The van der Waals surface area contributed by atoms with Crippen LogP contribution in [0.15, 0.2) is 12.1 Å². The highest BCUT2D eigenvalue weighted by Crippen LogP contribution is 2.21. The Bertz CT molecular complexity index is 440. The van der Waals surface area contributed by atoms with E-state index in [0.717, 1.165) is 6.42 Å². The Labute approximate surface area is 118 Å². The monoisotopic (exact) mass is 283 g/mol. The van der Waals surface area contributed by atoms with Crippen LogP contribution in [-0.4, -0.2) is 56.6 Å². The van der Waals surface area contributed by atoms with E-state index in [9.17, 15) is 4.79 Å². The fourth-order valence-electron chi connectivity index (χ4n) is 1.76. The second-order valence-corrected chi connectivity index (χ2v) is 4.24. The zero-order chi connectivity index (χ0) is 15.0. The molecule has 0 aliphatic carbocycles. The molecular formula is C13H21N3O4. The van der Waals surface area contributed by atoms with E-state index in [0.29, 0.717) is 37.8 Å². The van der Waals surface area contributed by atoms with Crippen molar-refractivity contribution in [3.05, 3.63) is 17.8 Å². The summed E-state index contributed by atoms with van der Waals surface area (Å²) in [5, 5.41) is 9.01. The molecule has 1 heterocycles. The van der Waals surface area contributed by atoms with Gasteiger partial charge < -0.3 is 25.2 Å². The van der Waals surface area contributed by atoms with E-state index in [4.69, 9.17) is 20.3 Å². The predicted octanol–water partition coefficient (Wildman–Crippen LogP) is 0.851. The molecule has 0 aliphatic heterocycles. The molecule has 0 spiro atoms. The highest BCUT2D eigenvalue weighted by Gasteiger charge is 2.14. The first-order valence-electron chi connectivity index (χ1n) is 6.32. The average molecular weight is 283 g/mol. The highest BCUT2D eigenvalue weighted by atomic mass is 16.5. The summed E-state index contributed by atoms with van der Waals surface area (Å²) in [6.07, 6.45) is 0.790. The third-order valence-corrected chi connectivity index (χ3v) is 2.77. The molecule has 0 saturated carbocycles. The van der Waals surface area contributed by atoms with Crippen LogP contribution in [-0.2, 0) is 9.47 Å². The van der Waals surface area contributed by atoms with Gasteiger partial charge in [-0.05, 0) is 18.6 Å². The lowest BCUT2D eigenvalue weighted by molar-refractivity contribution is 0.0690. The highest BCUT2D eigenvalue weighted by molar-refractivity contribution is 5.87. The zero-order valence-electron chi connectivity index (χ0n) is 11.8. The zero-order valence-corrected chi connectivity index (χ0v) is 11.8. The van der Waals surface area contributed by atoms with Gasteiger partial charge in [-0.15, -0.1) is 0 Å². The molecule has 0 aromatic carbocycles. The summed E-state index contributed by atoms with van der Waals surface area (Å²) < 4.78 is 10.1. The number of hydrogen-bond acceptors (Lipinski definition) is 6. The van der Waals surface area contributed by atoms with E-state index in [-0.39, 0.29) is 5.69 Å². The molecule has 7 nitrogen and oxygen atoms in total. The van der Waals surface area contributed by atoms with E-state index in [1.54, 1.807) is 20.3 Å². The molecule has 0 fully saturated rings. The predicted molar refractivity (Wildman–Crippen MR) is 76.2 cm³/mol. The van der Waals surface area contributed by atoms with Crippen molar-refractivity contribution in [2.45, 2.75) is 6.42 Å². The molecule has 1 aromatic heterocycles. The Kier molecular flexibility index (Phi) is 6.75. The number of pyridine rings is 1. The van der Waals surface area contributed by atoms with Crippen LogP contribution < -0.4 is 10.6 Å². The van der Waals surface area contributed by atoms with Crippen molar-refractivity contribution in [3.63, 3.8) is 0 Å². The number of nitrogen functional groups attached to an aromatic ring is 1. The molecule has 7 heteroatoms. The molecule has 1 rings (SSSR count). The minimum absolute atomic E-state index is 0.0247. The maximum Gasteiger partial charge on any atom is 0.354 e. The van der Waals surface area contributed by atoms with E-state index < -0.39 is 5.97 Å². The smallest absolute Gasteiger partial charge is 0.354 e. The van der Waals surface area contributed by atoms with Crippen molar-refractivity contribution in [2.75, 3.05) is 51.2 Å². The number of anilines is 2. The summed E-state index contributed by atoms with van der Waals surface area (Å²) in [4.78, 5) is 17.0. The number of rotatable bonds is 9. The number of nitrogens with zero attached hydrogens (tertiary/aromatic N) is 2. The summed E-state index contributed by atoms with van der Waals surface area (Å²) >= 11 is 0.